The third-order valence-electron chi connectivity index (χ3n) is 4.53. The molecule has 1 aromatic carbocycles. The lowest BCUT2D eigenvalue weighted by molar-refractivity contribution is 0.0701. The Balaban J connectivity index is 3.01. The standard InChI is InChI=1S/C17H28BrNO4Si/c1-17(2,3)24(4,5)23-15(11-20)14(19-16(21)22)10-12-7-6-8-13(18)9-12/h6-9,14-15,19-20H,10-11H2,1-5H3,(H,21,22)/t14-,15+/m0/s1. The molecule has 1 rings (SSSR count). The molecule has 0 aliphatic carbocycles. The minimum Gasteiger partial charge on any atom is -0.465 e. The molecule has 0 aliphatic heterocycles. The lowest BCUT2D eigenvalue weighted by Gasteiger charge is -2.41. The number of amides is 1. The van der Waals surface area contributed by atoms with E-state index >= 15 is 0 Å². The summed E-state index contributed by atoms with van der Waals surface area (Å²) in [6.07, 6.45) is -1.25. The first-order chi connectivity index (χ1) is 11.0. The minimum absolute atomic E-state index is 0.0238. The fourth-order valence-corrected chi connectivity index (χ4v) is 3.95. The van der Waals surface area contributed by atoms with Crippen LogP contribution in [0.2, 0.25) is 18.1 Å². The number of nitrogens with one attached hydrogen (secondary N) is 1. The van der Waals surface area contributed by atoms with Gasteiger partial charge in [-0.1, -0.05) is 48.8 Å². The number of hydrogen-bond donors (Lipinski definition) is 3. The Labute approximate surface area is 153 Å². The predicted molar refractivity (Wildman–Crippen MR) is 102 cm³/mol. The van der Waals surface area contributed by atoms with Gasteiger partial charge in [-0.3, -0.25) is 0 Å². The zero-order chi connectivity index (χ0) is 18.5. The molecule has 0 bridgehead atoms. The van der Waals surface area contributed by atoms with Gasteiger partial charge in [0, 0.05) is 4.47 Å². The number of halogens is 1. The quantitative estimate of drug-likeness (QED) is 0.585. The molecule has 7 heteroatoms. The zero-order valence-electron chi connectivity index (χ0n) is 15.0. The Morgan fingerprint density at radius 3 is 2.46 bits per heavy atom. The smallest absolute Gasteiger partial charge is 0.404 e. The second-order valence-electron chi connectivity index (χ2n) is 7.49. The Hall–Kier alpha value is -0.893. The molecule has 0 unspecified atom stereocenters. The molecule has 0 fully saturated rings. The number of carboxylic acid groups (broad SMARTS) is 1. The summed E-state index contributed by atoms with van der Waals surface area (Å²) >= 11 is 3.42. The van der Waals surface area contributed by atoms with E-state index in [1.807, 2.05) is 24.3 Å². The summed E-state index contributed by atoms with van der Waals surface area (Å²) in [5.74, 6) is 0. The van der Waals surface area contributed by atoms with Gasteiger partial charge in [0.25, 0.3) is 0 Å². The molecular weight excluding hydrogens is 390 g/mol. The average molecular weight is 418 g/mol. The monoisotopic (exact) mass is 417 g/mol. The van der Waals surface area contributed by atoms with E-state index in [9.17, 15) is 15.0 Å². The number of benzene rings is 1. The SMILES string of the molecule is CC(C)(C)[Si](C)(C)O[C@H](CO)[C@H](Cc1cccc(Br)c1)NC(=O)O. The van der Waals surface area contributed by atoms with E-state index in [4.69, 9.17) is 4.43 Å². The highest BCUT2D eigenvalue weighted by Gasteiger charge is 2.41. The molecule has 0 radical (unpaired) electrons. The highest BCUT2D eigenvalue weighted by Crippen LogP contribution is 2.37. The molecule has 2 atom stereocenters. The van der Waals surface area contributed by atoms with Crippen LogP contribution in [0.5, 0.6) is 0 Å². The topological polar surface area (TPSA) is 78.8 Å². The summed E-state index contributed by atoms with van der Waals surface area (Å²) in [6.45, 7) is 10.3. The molecule has 0 spiro atoms. The highest BCUT2D eigenvalue weighted by atomic mass is 79.9. The lowest BCUT2D eigenvalue weighted by Crippen LogP contribution is -2.53. The van der Waals surface area contributed by atoms with Crippen molar-refractivity contribution in [3.05, 3.63) is 34.3 Å². The molecule has 0 saturated carbocycles. The second kappa shape index (κ2) is 8.47. The van der Waals surface area contributed by atoms with Gasteiger partial charge in [0.05, 0.1) is 18.8 Å². The van der Waals surface area contributed by atoms with Gasteiger partial charge in [-0.25, -0.2) is 4.79 Å². The van der Waals surface area contributed by atoms with Crippen molar-refractivity contribution in [3.8, 4) is 0 Å². The van der Waals surface area contributed by atoms with Crippen LogP contribution in [-0.4, -0.2) is 43.4 Å². The van der Waals surface area contributed by atoms with E-state index in [1.54, 1.807) is 0 Å². The molecular formula is C17H28BrNO4Si. The summed E-state index contributed by atoms with van der Waals surface area (Å²) in [5, 5.41) is 21.5. The predicted octanol–water partition coefficient (Wildman–Crippen LogP) is 4.01. The molecule has 3 N–H and O–H groups in total. The highest BCUT2D eigenvalue weighted by molar-refractivity contribution is 9.10. The third-order valence-corrected chi connectivity index (χ3v) is 9.53. The number of rotatable bonds is 7. The molecule has 24 heavy (non-hydrogen) atoms. The van der Waals surface area contributed by atoms with Crippen LogP contribution in [-0.2, 0) is 10.8 Å². The van der Waals surface area contributed by atoms with Crippen molar-refractivity contribution in [3.63, 3.8) is 0 Å². The fraction of sp³-hybridized carbons (Fsp3) is 0.588. The first-order valence-corrected chi connectivity index (χ1v) is 11.7. The van der Waals surface area contributed by atoms with Crippen LogP contribution < -0.4 is 5.32 Å². The van der Waals surface area contributed by atoms with Crippen LogP contribution in [0.25, 0.3) is 0 Å². The van der Waals surface area contributed by atoms with E-state index in [-0.39, 0.29) is 11.6 Å². The first kappa shape index (κ1) is 21.2. The molecule has 136 valence electrons. The zero-order valence-corrected chi connectivity index (χ0v) is 17.6. The first-order valence-electron chi connectivity index (χ1n) is 7.99. The van der Waals surface area contributed by atoms with E-state index in [1.165, 1.54) is 0 Å². The van der Waals surface area contributed by atoms with Crippen molar-refractivity contribution in [1.82, 2.24) is 5.32 Å². The van der Waals surface area contributed by atoms with Crippen molar-refractivity contribution in [2.24, 2.45) is 0 Å². The van der Waals surface area contributed by atoms with Gasteiger partial charge in [-0.2, -0.15) is 0 Å². The minimum atomic E-state index is -2.13. The Bertz CT molecular complexity index is 560. The number of carbonyl (C=O) groups is 1. The number of aliphatic hydroxyl groups is 1. The van der Waals surface area contributed by atoms with Gasteiger partial charge in [-0.05, 0) is 42.2 Å². The van der Waals surface area contributed by atoms with Crippen LogP contribution in [0, 0.1) is 0 Å². The van der Waals surface area contributed by atoms with Crippen LogP contribution in [0.15, 0.2) is 28.7 Å². The van der Waals surface area contributed by atoms with Crippen LogP contribution >= 0.6 is 15.9 Å². The number of aliphatic hydroxyl groups excluding tert-OH is 1. The lowest BCUT2D eigenvalue weighted by atomic mass is 10.0. The molecule has 0 heterocycles. The Morgan fingerprint density at radius 2 is 2.00 bits per heavy atom. The summed E-state index contributed by atoms with van der Waals surface area (Å²) < 4.78 is 7.20. The average Bonchev–Trinajstić information content (AvgIpc) is 2.42. The molecule has 0 aromatic heterocycles. The van der Waals surface area contributed by atoms with Gasteiger partial charge in [0.1, 0.15) is 0 Å². The van der Waals surface area contributed by atoms with Gasteiger partial charge >= 0.3 is 6.09 Å². The maximum absolute atomic E-state index is 11.2. The summed E-state index contributed by atoms with van der Waals surface area (Å²) in [4.78, 5) is 11.2. The number of hydrogen-bond acceptors (Lipinski definition) is 3. The Morgan fingerprint density at radius 1 is 1.38 bits per heavy atom. The third kappa shape index (κ3) is 6.20. The van der Waals surface area contributed by atoms with E-state index in [0.717, 1.165) is 10.0 Å². The maximum Gasteiger partial charge on any atom is 0.404 e. The summed E-state index contributed by atoms with van der Waals surface area (Å²) in [6, 6.07) is 7.17. The van der Waals surface area contributed by atoms with Crippen molar-refractivity contribution in [1.29, 1.82) is 0 Å². The molecule has 5 nitrogen and oxygen atoms in total. The van der Waals surface area contributed by atoms with Crippen molar-refractivity contribution in [2.45, 2.75) is 57.5 Å². The summed E-state index contributed by atoms with van der Waals surface area (Å²) in [7, 11) is -2.13. The molecule has 0 saturated heterocycles. The van der Waals surface area contributed by atoms with Gasteiger partial charge in [0.15, 0.2) is 8.32 Å². The van der Waals surface area contributed by atoms with Crippen molar-refractivity contribution >= 4 is 30.3 Å². The maximum atomic E-state index is 11.2. The van der Waals surface area contributed by atoms with Crippen molar-refractivity contribution < 1.29 is 19.4 Å². The summed E-state index contributed by atoms with van der Waals surface area (Å²) in [5.41, 5.74) is 0.973. The molecule has 1 amide bonds. The fourth-order valence-electron chi connectivity index (χ4n) is 2.15. The van der Waals surface area contributed by atoms with E-state index < -0.39 is 26.6 Å². The normalized spacial score (nSPS) is 15.0. The van der Waals surface area contributed by atoms with E-state index in [0.29, 0.717) is 6.42 Å². The largest absolute Gasteiger partial charge is 0.465 e. The second-order valence-corrected chi connectivity index (χ2v) is 13.2. The van der Waals surface area contributed by atoms with Crippen LogP contribution in [0.4, 0.5) is 4.79 Å². The molecule has 1 aromatic rings. The van der Waals surface area contributed by atoms with Gasteiger partial charge in [0.2, 0.25) is 0 Å². The van der Waals surface area contributed by atoms with Gasteiger partial charge in [-0.15, -0.1) is 0 Å². The Kier molecular flexibility index (Phi) is 7.46. The van der Waals surface area contributed by atoms with Gasteiger partial charge < -0.3 is 20.0 Å². The van der Waals surface area contributed by atoms with Crippen LogP contribution in [0.1, 0.15) is 26.3 Å². The van der Waals surface area contributed by atoms with Crippen LogP contribution in [0.3, 0.4) is 0 Å². The van der Waals surface area contributed by atoms with Crippen molar-refractivity contribution in [2.75, 3.05) is 6.61 Å². The molecule has 0 aliphatic rings. The van der Waals surface area contributed by atoms with E-state index in [2.05, 4.69) is 55.1 Å².